The van der Waals surface area contributed by atoms with Crippen LogP contribution in [0.5, 0.6) is 5.75 Å². The van der Waals surface area contributed by atoms with Gasteiger partial charge in [0.2, 0.25) is 5.91 Å². The van der Waals surface area contributed by atoms with Gasteiger partial charge in [0.15, 0.2) is 6.61 Å². The molecule has 2 amide bonds. The van der Waals surface area contributed by atoms with Crippen LogP contribution in [0.1, 0.15) is 19.3 Å². The Morgan fingerprint density at radius 2 is 1.88 bits per heavy atom. The van der Waals surface area contributed by atoms with E-state index >= 15 is 0 Å². The van der Waals surface area contributed by atoms with Crippen LogP contribution < -0.4 is 21.1 Å². The van der Waals surface area contributed by atoms with Crippen molar-refractivity contribution in [3.8, 4) is 5.75 Å². The molecule has 4 N–H and O–H groups in total. The number of halogens is 1. The molecule has 2 aliphatic rings. The van der Waals surface area contributed by atoms with Crippen molar-refractivity contribution in [3.63, 3.8) is 0 Å². The Kier molecular flexibility index (Phi) is 6.07. The Morgan fingerprint density at radius 3 is 2.46 bits per heavy atom. The molecule has 6 nitrogen and oxygen atoms in total. The highest BCUT2D eigenvalue weighted by atomic mass is 35.5. The Bertz CT molecular complexity index is 591. The second kappa shape index (κ2) is 7.85. The molecule has 1 aromatic rings. The highest BCUT2D eigenvalue weighted by Gasteiger charge is 2.49. The third-order valence-electron chi connectivity index (χ3n) is 5.05. The number of nitrogens with two attached hydrogens (primary N) is 1. The zero-order chi connectivity index (χ0) is 16.4. The third kappa shape index (κ3) is 3.82. The Balaban J connectivity index is 0.00000208. The van der Waals surface area contributed by atoms with Gasteiger partial charge in [-0.3, -0.25) is 9.59 Å². The number of fused-ring (bicyclic) bond motifs is 2. The zero-order valence-electron chi connectivity index (χ0n) is 13.7. The molecule has 0 saturated heterocycles. The van der Waals surface area contributed by atoms with E-state index in [1.165, 1.54) is 0 Å². The van der Waals surface area contributed by atoms with Gasteiger partial charge in [0, 0.05) is 18.8 Å². The predicted molar refractivity (Wildman–Crippen MR) is 94.2 cm³/mol. The predicted octanol–water partition coefficient (Wildman–Crippen LogP) is 1.55. The molecule has 4 atom stereocenters. The van der Waals surface area contributed by atoms with Crippen molar-refractivity contribution in [1.82, 2.24) is 5.32 Å². The van der Waals surface area contributed by atoms with E-state index < -0.39 is 0 Å². The average molecular weight is 354 g/mol. The van der Waals surface area contributed by atoms with E-state index in [2.05, 4.69) is 10.6 Å². The lowest BCUT2D eigenvalue weighted by Gasteiger charge is -2.27. The first-order valence-electron chi connectivity index (χ1n) is 8.08. The van der Waals surface area contributed by atoms with Gasteiger partial charge in [0.1, 0.15) is 5.75 Å². The van der Waals surface area contributed by atoms with Gasteiger partial charge in [0.25, 0.3) is 5.91 Å². The summed E-state index contributed by atoms with van der Waals surface area (Å²) in [6.45, 7) is -0.0256. The normalized spacial score (nSPS) is 27.2. The molecular formula is C17H24ClN3O3. The number of hydrogen-bond acceptors (Lipinski definition) is 4. The van der Waals surface area contributed by atoms with E-state index in [0.29, 0.717) is 17.6 Å². The fourth-order valence-corrected chi connectivity index (χ4v) is 3.81. The fourth-order valence-electron chi connectivity index (χ4n) is 3.81. The molecule has 2 fully saturated rings. The molecule has 0 heterocycles. The first kappa shape index (κ1) is 18.5. The summed E-state index contributed by atoms with van der Waals surface area (Å²) in [4.78, 5) is 23.6. The second-order valence-electron chi connectivity index (χ2n) is 6.41. The minimum absolute atomic E-state index is 0. The van der Waals surface area contributed by atoms with Crippen LogP contribution in [0.4, 0.5) is 5.69 Å². The monoisotopic (exact) mass is 353 g/mol. The van der Waals surface area contributed by atoms with Crippen molar-refractivity contribution in [1.29, 1.82) is 0 Å². The molecule has 24 heavy (non-hydrogen) atoms. The maximum Gasteiger partial charge on any atom is 0.257 e. The van der Waals surface area contributed by atoms with Gasteiger partial charge < -0.3 is 21.1 Å². The third-order valence-corrected chi connectivity index (χ3v) is 5.05. The lowest BCUT2D eigenvalue weighted by atomic mass is 9.84. The number of hydrogen-bond donors (Lipinski definition) is 3. The van der Waals surface area contributed by atoms with E-state index in [4.69, 9.17) is 10.5 Å². The molecule has 0 radical (unpaired) electrons. The van der Waals surface area contributed by atoms with Crippen molar-refractivity contribution in [2.24, 2.45) is 23.5 Å². The van der Waals surface area contributed by atoms with Crippen molar-refractivity contribution in [2.45, 2.75) is 25.3 Å². The largest absolute Gasteiger partial charge is 0.484 e. The number of nitrogens with one attached hydrogen (secondary N) is 2. The standard InChI is InChI=1S/C17H23N3O3.ClH/c1-19-14(21)9-23-13-6-4-12(5-7-13)20-17(22)15-10-2-3-11(8-10)16(15)18;/h4-7,10-11,15-16H,2-3,8-9,18H2,1H3,(H,19,21)(H,20,22);1H. The summed E-state index contributed by atoms with van der Waals surface area (Å²) in [6, 6.07) is 7.01. The van der Waals surface area contributed by atoms with Crippen molar-refractivity contribution in [3.05, 3.63) is 24.3 Å². The smallest absolute Gasteiger partial charge is 0.257 e. The van der Waals surface area contributed by atoms with Crippen LogP contribution >= 0.6 is 12.4 Å². The highest BCUT2D eigenvalue weighted by molar-refractivity contribution is 5.93. The van der Waals surface area contributed by atoms with Crippen LogP contribution in [0.15, 0.2) is 24.3 Å². The van der Waals surface area contributed by atoms with E-state index in [-0.39, 0.29) is 42.8 Å². The van der Waals surface area contributed by atoms with Gasteiger partial charge in [-0.1, -0.05) is 0 Å². The number of carbonyl (C=O) groups excluding carboxylic acids is 2. The number of likely N-dealkylation sites (N-methyl/N-ethyl adjacent to an activating group) is 1. The fraction of sp³-hybridized carbons (Fsp3) is 0.529. The van der Waals surface area contributed by atoms with Crippen LogP contribution in [0.25, 0.3) is 0 Å². The number of rotatable bonds is 5. The van der Waals surface area contributed by atoms with Crippen LogP contribution in [0.3, 0.4) is 0 Å². The molecule has 1 aromatic carbocycles. The van der Waals surface area contributed by atoms with Gasteiger partial charge in [-0.05, 0) is 55.4 Å². The molecule has 3 rings (SSSR count). The average Bonchev–Trinajstić information content (AvgIpc) is 3.14. The van der Waals surface area contributed by atoms with E-state index in [9.17, 15) is 9.59 Å². The SMILES string of the molecule is CNC(=O)COc1ccc(NC(=O)C2C3CCC(C3)C2N)cc1.Cl. The minimum atomic E-state index is -0.187. The maximum atomic E-state index is 12.5. The summed E-state index contributed by atoms with van der Waals surface area (Å²) in [5.74, 6) is 1.29. The number of amides is 2. The first-order valence-corrected chi connectivity index (χ1v) is 8.08. The van der Waals surface area contributed by atoms with Gasteiger partial charge in [-0.25, -0.2) is 0 Å². The van der Waals surface area contributed by atoms with Crippen molar-refractivity contribution in [2.75, 3.05) is 19.0 Å². The maximum absolute atomic E-state index is 12.5. The molecule has 7 heteroatoms. The molecule has 132 valence electrons. The number of anilines is 1. The topological polar surface area (TPSA) is 93.5 Å². The minimum Gasteiger partial charge on any atom is -0.484 e. The molecule has 0 aromatic heterocycles. The van der Waals surface area contributed by atoms with Crippen LogP contribution in [-0.2, 0) is 9.59 Å². The van der Waals surface area contributed by atoms with Crippen LogP contribution in [-0.4, -0.2) is 31.5 Å². The molecule has 2 saturated carbocycles. The lowest BCUT2D eigenvalue weighted by Crippen LogP contribution is -2.42. The van der Waals surface area contributed by atoms with Crippen molar-refractivity contribution >= 4 is 29.9 Å². The van der Waals surface area contributed by atoms with Gasteiger partial charge >= 0.3 is 0 Å². The number of carbonyl (C=O) groups is 2. The lowest BCUT2D eigenvalue weighted by molar-refractivity contribution is -0.123. The van der Waals surface area contributed by atoms with Crippen LogP contribution in [0.2, 0.25) is 0 Å². The molecule has 0 aliphatic heterocycles. The zero-order valence-corrected chi connectivity index (χ0v) is 14.5. The van der Waals surface area contributed by atoms with Crippen LogP contribution in [0, 0.1) is 17.8 Å². The number of ether oxygens (including phenoxy) is 1. The summed E-state index contributed by atoms with van der Waals surface area (Å²) >= 11 is 0. The molecule has 0 spiro atoms. The van der Waals surface area contributed by atoms with Gasteiger partial charge in [-0.2, -0.15) is 0 Å². The quantitative estimate of drug-likeness (QED) is 0.748. The molecule has 2 aliphatic carbocycles. The second-order valence-corrected chi connectivity index (χ2v) is 6.41. The summed E-state index contributed by atoms with van der Waals surface area (Å²) in [6.07, 6.45) is 3.36. The molecule has 4 unspecified atom stereocenters. The highest BCUT2D eigenvalue weighted by Crippen LogP contribution is 2.47. The molecule has 2 bridgehead atoms. The summed E-state index contributed by atoms with van der Waals surface area (Å²) in [7, 11) is 1.56. The first-order chi connectivity index (χ1) is 11.1. The number of benzene rings is 1. The summed E-state index contributed by atoms with van der Waals surface area (Å²) in [5.41, 5.74) is 6.92. The van der Waals surface area contributed by atoms with E-state index in [0.717, 1.165) is 24.9 Å². The summed E-state index contributed by atoms with van der Waals surface area (Å²) < 4.78 is 5.33. The summed E-state index contributed by atoms with van der Waals surface area (Å²) in [5, 5.41) is 5.44. The Hall–Kier alpha value is -1.79. The van der Waals surface area contributed by atoms with Crippen molar-refractivity contribution < 1.29 is 14.3 Å². The molecular weight excluding hydrogens is 330 g/mol. The van der Waals surface area contributed by atoms with E-state index in [1.807, 2.05) is 0 Å². The Labute approximate surface area is 147 Å². The Morgan fingerprint density at radius 1 is 1.21 bits per heavy atom. The van der Waals surface area contributed by atoms with E-state index in [1.54, 1.807) is 31.3 Å². The van der Waals surface area contributed by atoms with Gasteiger partial charge in [-0.15, -0.1) is 12.4 Å². The van der Waals surface area contributed by atoms with Gasteiger partial charge in [0.05, 0.1) is 5.92 Å².